The zero-order chi connectivity index (χ0) is 18.8. The van der Waals surface area contributed by atoms with Gasteiger partial charge in [0.15, 0.2) is 0 Å². The van der Waals surface area contributed by atoms with Crippen LogP contribution in [0, 0.1) is 0 Å². The number of hydrogen-bond donors (Lipinski definition) is 3. The van der Waals surface area contributed by atoms with Gasteiger partial charge in [0.05, 0.1) is 0 Å². The van der Waals surface area contributed by atoms with Crippen LogP contribution in [-0.4, -0.2) is 72.3 Å². The molecular formula is C18H36Cl3N9. The fourth-order valence-corrected chi connectivity index (χ4v) is 4.07. The van der Waals surface area contributed by atoms with Crippen molar-refractivity contribution in [1.82, 2.24) is 15.0 Å². The van der Waals surface area contributed by atoms with Crippen LogP contribution < -0.4 is 31.9 Å². The largest absolute Gasteiger partial charge is 0.341 e. The van der Waals surface area contributed by atoms with Crippen LogP contribution in [0.3, 0.4) is 0 Å². The van der Waals surface area contributed by atoms with Crippen molar-refractivity contribution in [2.24, 2.45) is 17.2 Å². The van der Waals surface area contributed by atoms with Gasteiger partial charge in [0.2, 0.25) is 17.8 Å². The van der Waals surface area contributed by atoms with Gasteiger partial charge in [0, 0.05) is 57.4 Å². The van der Waals surface area contributed by atoms with E-state index in [2.05, 4.69) is 14.7 Å². The monoisotopic (exact) mass is 483 g/mol. The molecule has 0 atom stereocenters. The van der Waals surface area contributed by atoms with Gasteiger partial charge >= 0.3 is 0 Å². The third-order valence-electron chi connectivity index (χ3n) is 6.07. The Bertz CT molecular complexity index is 531. The summed E-state index contributed by atoms with van der Waals surface area (Å²) in [6.45, 7) is 5.42. The highest BCUT2D eigenvalue weighted by atomic mass is 35.5. The van der Waals surface area contributed by atoms with Gasteiger partial charge in [0.25, 0.3) is 0 Å². The lowest BCUT2D eigenvalue weighted by molar-refractivity contribution is 0.481. The zero-order valence-corrected chi connectivity index (χ0v) is 19.8. The smallest absolute Gasteiger partial charge is 0.231 e. The Morgan fingerprint density at radius 1 is 0.467 bits per heavy atom. The maximum atomic E-state index is 6.07. The quantitative estimate of drug-likeness (QED) is 0.574. The summed E-state index contributed by atoms with van der Waals surface area (Å²) in [6.07, 6.45) is 5.88. The number of halogens is 3. The summed E-state index contributed by atoms with van der Waals surface area (Å²) in [7, 11) is 0. The van der Waals surface area contributed by atoms with Crippen LogP contribution in [0.2, 0.25) is 0 Å². The van der Waals surface area contributed by atoms with Gasteiger partial charge in [-0.05, 0) is 38.5 Å². The maximum absolute atomic E-state index is 6.07. The van der Waals surface area contributed by atoms with Crippen LogP contribution >= 0.6 is 37.2 Å². The van der Waals surface area contributed by atoms with E-state index >= 15 is 0 Å². The molecule has 1 aromatic heterocycles. The average molecular weight is 485 g/mol. The molecule has 3 saturated heterocycles. The topological polar surface area (TPSA) is 126 Å². The summed E-state index contributed by atoms with van der Waals surface area (Å²) in [5, 5.41) is 0. The first kappa shape index (κ1) is 27.2. The van der Waals surface area contributed by atoms with Crippen molar-refractivity contribution >= 4 is 55.1 Å². The van der Waals surface area contributed by atoms with Gasteiger partial charge in [-0.3, -0.25) is 0 Å². The van der Waals surface area contributed by atoms with E-state index in [-0.39, 0.29) is 55.3 Å². The van der Waals surface area contributed by atoms with E-state index in [1.54, 1.807) is 0 Å². The Morgan fingerprint density at radius 3 is 0.867 bits per heavy atom. The zero-order valence-electron chi connectivity index (χ0n) is 17.4. The van der Waals surface area contributed by atoms with Gasteiger partial charge in [0.1, 0.15) is 0 Å². The second kappa shape index (κ2) is 12.3. The maximum Gasteiger partial charge on any atom is 0.231 e. The SMILES string of the molecule is Cl.Cl.Cl.NC1CCN(c2nc(N3CCC(N)CC3)nc(N3CCC(N)CC3)n2)CC1. The summed E-state index contributed by atoms with van der Waals surface area (Å²) >= 11 is 0. The minimum Gasteiger partial charge on any atom is -0.341 e. The van der Waals surface area contributed by atoms with Crippen molar-refractivity contribution < 1.29 is 0 Å². The highest BCUT2D eigenvalue weighted by Gasteiger charge is 2.26. The highest BCUT2D eigenvalue weighted by Crippen LogP contribution is 2.25. The molecule has 4 rings (SSSR count). The fourth-order valence-electron chi connectivity index (χ4n) is 4.07. The van der Waals surface area contributed by atoms with E-state index in [0.29, 0.717) is 0 Å². The lowest BCUT2D eigenvalue weighted by atomic mass is 10.1. The van der Waals surface area contributed by atoms with Crippen molar-refractivity contribution in [3.63, 3.8) is 0 Å². The lowest BCUT2D eigenvalue weighted by Gasteiger charge is -2.35. The minimum atomic E-state index is 0. The van der Waals surface area contributed by atoms with Crippen LogP contribution in [0.5, 0.6) is 0 Å². The van der Waals surface area contributed by atoms with E-state index in [4.69, 9.17) is 32.2 Å². The molecule has 3 fully saturated rings. The van der Waals surface area contributed by atoms with Crippen molar-refractivity contribution in [3.05, 3.63) is 0 Å². The molecule has 3 aliphatic heterocycles. The number of aromatic nitrogens is 3. The van der Waals surface area contributed by atoms with Gasteiger partial charge in [-0.1, -0.05) is 0 Å². The summed E-state index contributed by atoms with van der Waals surface area (Å²) < 4.78 is 0. The van der Waals surface area contributed by atoms with Crippen LogP contribution in [0.1, 0.15) is 38.5 Å². The van der Waals surface area contributed by atoms with Gasteiger partial charge in [-0.2, -0.15) is 15.0 Å². The predicted molar refractivity (Wildman–Crippen MR) is 130 cm³/mol. The molecule has 0 amide bonds. The van der Waals surface area contributed by atoms with Crippen LogP contribution in [0.15, 0.2) is 0 Å². The number of anilines is 3. The molecule has 6 N–H and O–H groups in total. The second-order valence-corrected chi connectivity index (χ2v) is 8.21. The molecule has 0 saturated carbocycles. The Balaban J connectivity index is 0.00000150. The molecule has 0 spiro atoms. The summed E-state index contributed by atoms with van der Waals surface area (Å²) in [4.78, 5) is 21.3. The van der Waals surface area contributed by atoms with Crippen LogP contribution in [0.25, 0.3) is 0 Å². The number of nitrogens with two attached hydrogens (primary N) is 3. The standard InChI is InChI=1S/C18H33N9.3ClH/c19-13-1-7-25(8-2-13)16-22-17(26-9-3-14(20)4-10-26)24-18(23-16)27-11-5-15(21)6-12-27;;;/h13-15H,1-12,19-21H2;3*1H. The Morgan fingerprint density at radius 2 is 0.667 bits per heavy atom. The number of hydrogen-bond acceptors (Lipinski definition) is 9. The molecule has 30 heavy (non-hydrogen) atoms. The Labute approximate surface area is 197 Å². The number of nitrogens with zero attached hydrogens (tertiary/aromatic N) is 6. The van der Waals surface area contributed by atoms with E-state index in [0.717, 1.165) is 95.6 Å². The summed E-state index contributed by atoms with van der Waals surface area (Å²) in [5.41, 5.74) is 18.2. The molecule has 0 bridgehead atoms. The van der Waals surface area contributed by atoms with Gasteiger partial charge < -0.3 is 31.9 Å². The number of piperidine rings is 3. The Kier molecular flexibility index (Phi) is 11.1. The molecule has 9 nitrogen and oxygen atoms in total. The van der Waals surface area contributed by atoms with Crippen LogP contribution in [0.4, 0.5) is 17.8 Å². The van der Waals surface area contributed by atoms with Crippen LogP contribution in [-0.2, 0) is 0 Å². The summed E-state index contributed by atoms with van der Waals surface area (Å²) in [5.74, 6) is 2.35. The van der Waals surface area contributed by atoms with E-state index < -0.39 is 0 Å². The molecule has 0 aromatic carbocycles. The molecule has 0 radical (unpaired) electrons. The van der Waals surface area contributed by atoms with E-state index in [1.807, 2.05) is 0 Å². The molecular weight excluding hydrogens is 449 g/mol. The van der Waals surface area contributed by atoms with E-state index in [9.17, 15) is 0 Å². The first-order valence-electron chi connectivity index (χ1n) is 10.4. The van der Waals surface area contributed by atoms with Gasteiger partial charge in [-0.25, -0.2) is 0 Å². The van der Waals surface area contributed by atoms with Crippen molar-refractivity contribution in [1.29, 1.82) is 0 Å². The average Bonchev–Trinajstić information content (AvgIpc) is 2.69. The molecule has 0 unspecified atom stereocenters. The number of rotatable bonds is 3. The third-order valence-corrected chi connectivity index (χ3v) is 6.07. The highest BCUT2D eigenvalue weighted by molar-refractivity contribution is 5.86. The van der Waals surface area contributed by atoms with Crippen molar-refractivity contribution in [2.45, 2.75) is 56.7 Å². The summed E-state index contributed by atoms with van der Waals surface area (Å²) in [6, 6.07) is 0.859. The molecule has 0 aliphatic carbocycles. The normalized spacial score (nSPS) is 21.5. The Hall–Kier alpha value is -0.840. The van der Waals surface area contributed by atoms with E-state index in [1.165, 1.54) is 0 Å². The first-order valence-corrected chi connectivity index (χ1v) is 10.4. The predicted octanol–water partition coefficient (Wildman–Crippen LogP) is 0.920. The first-order chi connectivity index (χ1) is 13.1. The van der Waals surface area contributed by atoms with Crippen molar-refractivity contribution in [3.8, 4) is 0 Å². The minimum absolute atomic E-state index is 0. The van der Waals surface area contributed by atoms with Gasteiger partial charge in [-0.15, -0.1) is 37.2 Å². The fraction of sp³-hybridized carbons (Fsp3) is 0.833. The molecule has 174 valence electrons. The molecule has 12 heteroatoms. The lowest BCUT2D eigenvalue weighted by Crippen LogP contribution is -2.44. The molecule has 3 aliphatic rings. The van der Waals surface area contributed by atoms with Crippen molar-refractivity contribution in [2.75, 3.05) is 54.0 Å². The molecule has 4 heterocycles. The second-order valence-electron chi connectivity index (χ2n) is 8.21. The third kappa shape index (κ3) is 6.58. The molecule has 1 aromatic rings.